The fourth-order valence-electron chi connectivity index (χ4n) is 3.79. The number of aromatic nitrogens is 2. The lowest BCUT2D eigenvalue weighted by atomic mass is 10.1. The summed E-state index contributed by atoms with van der Waals surface area (Å²) in [6, 6.07) is 11.3. The maximum atomic E-state index is 12.4. The van der Waals surface area contributed by atoms with Crippen LogP contribution >= 0.6 is 0 Å². The highest BCUT2D eigenvalue weighted by atomic mass is 16.5. The molecule has 1 fully saturated rings. The highest BCUT2D eigenvalue weighted by Crippen LogP contribution is 2.17. The molecule has 0 unspecified atom stereocenters. The fourth-order valence-corrected chi connectivity index (χ4v) is 3.79. The van der Waals surface area contributed by atoms with Crippen molar-refractivity contribution in [2.24, 2.45) is 0 Å². The summed E-state index contributed by atoms with van der Waals surface area (Å²) in [7, 11) is 0. The zero-order valence-corrected chi connectivity index (χ0v) is 18.8. The van der Waals surface area contributed by atoms with Gasteiger partial charge in [0.05, 0.1) is 6.26 Å². The van der Waals surface area contributed by atoms with Gasteiger partial charge in [0.2, 0.25) is 17.6 Å². The molecule has 1 N–H and O–H groups in total. The number of nitrogens with one attached hydrogen (secondary N) is 1. The van der Waals surface area contributed by atoms with E-state index in [9.17, 15) is 9.59 Å². The number of furan rings is 1. The molecule has 0 atom stereocenters. The highest BCUT2D eigenvalue weighted by Gasteiger charge is 2.21. The van der Waals surface area contributed by atoms with E-state index in [0.29, 0.717) is 31.3 Å². The molecule has 174 valence electrons. The van der Waals surface area contributed by atoms with Crippen LogP contribution in [0.15, 0.2) is 51.6 Å². The van der Waals surface area contributed by atoms with E-state index in [-0.39, 0.29) is 24.0 Å². The lowest BCUT2D eigenvalue weighted by molar-refractivity contribution is -0.132. The lowest BCUT2D eigenvalue weighted by Gasteiger charge is -2.34. The summed E-state index contributed by atoms with van der Waals surface area (Å²) in [5.74, 6) is 1.28. The first-order chi connectivity index (χ1) is 16.1. The largest absolute Gasteiger partial charge is 0.459 e. The Hall–Kier alpha value is -3.46. The summed E-state index contributed by atoms with van der Waals surface area (Å²) in [4.78, 5) is 33.0. The molecule has 1 aromatic carbocycles. The average Bonchev–Trinajstić information content (AvgIpc) is 3.53. The van der Waals surface area contributed by atoms with Crippen molar-refractivity contribution < 1.29 is 18.5 Å². The van der Waals surface area contributed by atoms with E-state index in [0.717, 1.165) is 38.0 Å². The van der Waals surface area contributed by atoms with Crippen LogP contribution in [0.5, 0.6) is 0 Å². The van der Waals surface area contributed by atoms with E-state index in [1.54, 1.807) is 12.1 Å². The molecule has 3 heterocycles. The van der Waals surface area contributed by atoms with Crippen LogP contribution in [0.2, 0.25) is 0 Å². The third kappa shape index (κ3) is 6.29. The van der Waals surface area contributed by atoms with Crippen LogP contribution in [-0.2, 0) is 11.2 Å². The smallest absolute Gasteiger partial charge is 0.286 e. The molecular formula is C24H29N5O4. The van der Waals surface area contributed by atoms with E-state index >= 15 is 0 Å². The Morgan fingerprint density at radius 3 is 2.61 bits per heavy atom. The van der Waals surface area contributed by atoms with E-state index < -0.39 is 0 Å². The van der Waals surface area contributed by atoms with Crippen LogP contribution in [-0.4, -0.2) is 71.0 Å². The van der Waals surface area contributed by atoms with E-state index in [1.165, 1.54) is 11.8 Å². The Morgan fingerprint density at radius 2 is 1.88 bits per heavy atom. The Morgan fingerprint density at radius 1 is 1.09 bits per heavy atom. The van der Waals surface area contributed by atoms with Gasteiger partial charge in [-0.25, -0.2) is 0 Å². The Kier molecular flexibility index (Phi) is 7.51. The van der Waals surface area contributed by atoms with Crippen LogP contribution < -0.4 is 5.32 Å². The van der Waals surface area contributed by atoms with Crippen molar-refractivity contribution in [1.82, 2.24) is 25.3 Å². The second kappa shape index (κ2) is 10.9. The minimum absolute atomic E-state index is 0.0592. The minimum Gasteiger partial charge on any atom is -0.459 e. The minimum atomic E-state index is -0.301. The normalized spacial score (nSPS) is 14.4. The van der Waals surface area contributed by atoms with Gasteiger partial charge in [0.25, 0.3) is 5.91 Å². The monoisotopic (exact) mass is 451 g/mol. The van der Waals surface area contributed by atoms with E-state index in [1.807, 2.05) is 36.1 Å². The standard InChI is InChI=1S/C24H29N5O4/c1-18-6-8-19(9-7-18)23-26-21(33-27-23)5-2-12-28-13-15-29(16-14-28)22(30)10-11-25-24(31)20-4-3-17-32-20/h3-4,6-9,17H,2,5,10-16H2,1H3,(H,25,31). The van der Waals surface area contributed by atoms with Gasteiger partial charge in [-0.1, -0.05) is 35.0 Å². The van der Waals surface area contributed by atoms with Crippen LogP contribution in [0.25, 0.3) is 11.4 Å². The molecule has 0 aliphatic carbocycles. The maximum Gasteiger partial charge on any atom is 0.286 e. The number of benzene rings is 1. The molecule has 1 saturated heterocycles. The third-order valence-corrected chi connectivity index (χ3v) is 5.74. The molecule has 33 heavy (non-hydrogen) atoms. The first-order valence-corrected chi connectivity index (χ1v) is 11.3. The van der Waals surface area contributed by atoms with Crippen molar-refractivity contribution in [3.8, 4) is 11.4 Å². The molecule has 2 aromatic heterocycles. The molecule has 3 aromatic rings. The number of nitrogens with zero attached hydrogens (tertiary/aromatic N) is 4. The molecule has 1 aliphatic rings. The second-order valence-corrected chi connectivity index (χ2v) is 8.19. The van der Waals surface area contributed by atoms with Gasteiger partial charge in [-0.3, -0.25) is 14.5 Å². The summed E-state index contributed by atoms with van der Waals surface area (Å²) in [5.41, 5.74) is 2.15. The highest BCUT2D eigenvalue weighted by molar-refractivity contribution is 5.91. The molecule has 2 amide bonds. The molecule has 0 bridgehead atoms. The van der Waals surface area contributed by atoms with Crippen molar-refractivity contribution in [1.29, 1.82) is 0 Å². The predicted octanol–water partition coefficient (Wildman–Crippen LogP) is 2.53. The van der Waals surface area contributed by atoms with Gasteiger partial charge >= 0.3 is 0 Å². The lowest BCUT2D eigenvalue weighted by Crippen LogP contribution is -2.49. The zero-order chi connectivity index (χ0) is 23.0. The molecule has 0 radical (unpaired) electrons. The van der Waals surface area contributed by atoms with Crippen LogP contribution in [0.4, 0.5) is 0 Å². The number of piperazine rings is 1. The molecule has 0 saturated carbocycles. The Labute approximate surface area is 192 Å². The van der Waals surface area contributed by atoms with Gasteiger partial charge in [0.15, 0.2) is 5.76 Å². The van der Waals surface area contributed by atoms with Crippen LogP contribution in [0, 0.1) is 6.92 Å². The van der Waals surface area contributed by atoms with Crippen LogP contribution in [0.3, 0.4) is 0 Å². The summed E-state index contributed by atoms with van der Waals surface area (Å²) < 4.78 is 10.4. The topological polar surface area (TPSA) is 105 Å². The number of hydrogen-bond acceptors (Lipinski definition) is 7. The van der Waals surface area contributed by atoms with Crippen molar-refractivity contribution in [3.63, 3.8) is 0 Å². The average molecular weight is 452 g/mol. The van der Waals surface area contributed by atoms with Crippen molar-refractivity contribution in [2.45, 2.75) is 26.2 Å². The zero-order valence-electron chi connectivity index (χ0n) is 18.8. The summed E-state index contributed by atoms with van der Waals surface area (Å²) in [5, 5.41) is 6.80. The SMILES string of the molecule is Cc1ccc(-c2noc(CCCN3CCN(C(=O)CCNC(=O)c4ccco4)CC3)n2)cc1. The molecule has 9 nitrogen and oxygen atoms in total. The van der Waals surface area contributed by atoms with Gasteiger partial charge in [-0.05, 0) is 32.0 Å². The number of aryl methyl sites for hydroxylation is 2. The second-order valence-electron chi connectivity index (χ2n) is 8.19. The summed E-state index contributed by atoms with van der Waals surface area (Å²) in [6.07, 6.45) is 3.38. The molecule has 4 rings (SSSR count). The first-order valence-electron chi connectivity index (χ1n) is 11.3. The molecule has 9 heteroatoms. The maximum absolute atomic E-state index is 12.4. The number of carbonyl (C=O) groups excluding carboxylic acids is 2. The Bertz CT molecular complexity index is 1040. The number of rotatable bonds is 9. The number of amides is 2. The van der Waals surface area contributed by atoms with Gasteiger partial charge in [0.1, 0.15) is 0 Å². The number of carbonyl (C=O) groups is 2. The third-order valence-electron chi connectivity index (χ3n) is 5.74. The van der Waals surface area contributed by atoms with E-state index in [2.05, 4.69) is 20.4 Å². The van der Waals surface area contributed by atoms with Crippen LogP contribution in [0.1, 0.15) is 34.9 Å². The van der Waals surface area contributed by atoms with Gasteiger partial charge < -0.3 is 19.2 Å². The quantitative estimate of drug-likeness (QED) is 0.533. The van der Waals surface area contributed by atoms with Crippen molar-refractivity contribution in [2.75, 3.05) is 39.3 Å². The van der Waals surface area contributed by atoms with Crippen molar-refractivity contribution >= 4 is 11.8 Å². The number of hydrogen-bond donors (Lipinski definition) is 1. The van der Waals surface area contributed by atoms with Gasteiger partial charge in [-0.15, -0.1) is 0 Å². The fraction of sp³-hybridized carbons (Fsp3) is 0.417. The predicted molar refractivity (Wildman–Crippen MR) is 121 cm³/mol. The van der Waals surface area contributed by atoms with Gasteiger partial charge in [0, 0.05) is 51.1 Å². The molecule has 1 aliphatic heterocycles. The molecule has 0 spiro atoms. The summed E-state index contributed by atoms with van der Waals surface area (Å²) >= 11 is 0. The van der Waals surface area contributed by atoms with Gasteiger partial charge in [-0.2, -0.15) is 4.98 Å². The van der Waals surface area contributed by atoms with E-state index in [4.69, 9.17) is 8.94 Å². The molecular weight excluding hydrogens is 422 g/mol. The first kappa shape index (κ1) is 22.7. The summed E-state index contributed by atoms with van der Waals surface area (Å²) in [6.45, 7) is 6.33. The Balaban J connectivity index is 1.12. The van der Waals surface area contributed by atoms with Crippen molar-refractivity contribution in [3.05, 3.63) is 59.9 Å².